The van der Waals surface area contributed by atoms with Crippen molar-refractivity contribution in [3.8, 4) is 0 Å². The van der Waals surface area contributed by atoms with Gasteiger partial charge in [0.05, 0.1) is 6.10 Å². The summed E-state index contributed by atoms with van der Waals surface area (Å²) in [6.45, 7) is 8.79. The van der Waals surface area contributed by atoms with Crippen molar-refractivity contribution in [3.05, 3.63) is 22.8 Å². The molecule has 2 fully saturated rings. The van der Waals surface area contributed by atoms with Gasteiger partial charge in [-0.05, 0) is 93.0 Å². The van der Waals surface area contributed by atoms with Crippen LogP contribution in [0.5, 0.6) is 0 Å². The summed E-state index contributed by atoms with van der Waals surface area (Å²) >= 11 is 0. The third-order valence-electron chi connectivity index (χ3n) is 8.34. The van der Waals surface area contributed by atoms with Crippen LogP contribution in [0.3, 0.4) is 0 Å². The molecule has 4 aliphatic rings. The van der Waals surface area contributed by atoms with E-state index in [1.54, 1.807) is 6.92 Å². The molecule has 1 N–H and O–H groups in total. The molecule has 2 saturated carbocycles. The van der Waals surface area contributed by atoms with Crippen molar-refractivity contribution in [2.75, 3.05) is 0 Å². The lowest BCUT2D eigenvalue weighted by molar-refractivity contribution is -0.115. The maximum atomic E-state index is 12.3. The molecule has 2 heteroatoms. The van der Waals surface area contributed by atoms with E-state index in [0.717, 1.165) is 50.0 Å². The van der Waals surface area contributed by atoms with Crippen molar-refractivity contribution in [2.24, 2.45) is 28.6 Å². The van der Waals surface area contributed by atoms with Crippen LogP contribution in [0.15, 0.2) is 22.8 Å². The Labute approximate surface area is 146 Å². The number of ketones is 1. The second-order valence-electron chi connectivity index (χ2n) is 9.53. The molecule has 2 unspecified atom stereocenters. The maximum absolute atomic E-state index is 12.3. The SMILES string of the molecule is CC(=O)C1=C(C)CC2[C@@H]3CC=C4C[C@@H](O)CC[C@]4(C)C3CC[C@]12C. The molecule has 0 bridgehead atoms. The molecule has 0 amide bonds. The molecule has 0 aromatic heterocycles. The first-order valence-electron chi connectivity index (χ1n) is 9.86. The van der Waals surface area contributed by atoms with Crippen LogP contribution in [0.1, 0.15) is 72.6 Å². The standard InChI is InChI=1S/C22H32O2/c1-13-11-19-17-6-5-15-12-16(24)7-9-21(15,3)18(17)8-10-22(19,4)20(13)14(2)23/h5,16-19,24H,6-12H2,1-4H3/t16-,17+,18?,19?,21-,22-/m0/s1. The highest BCUT2D eigenvalue weighted by molar-refractivity contribution is 5.96. The second-order valence-corrected chi connectivity index (χ2v) is 9.53. The number of rotatable bonds is 1. The number of hydrogen-bond acceptors (Lipinski definition) is 2. The Balaban J connectivity index is 1.70. The Bertz CT molecular complexity index is 642. The van der Waals surface area contributed by atoms with Gasteiger partial charge in [0, 0.05) is 0 Å². The van der Waals surface area contributed by atoms with Crippen molar-refractivity contribution >= 4 is 5.78 Å². The second kappa shape index (κ2) is 5.30. The molecule has 132 valence electrons. The molecule has 0 saturated heterocycles. The third kappa shape index (κ3) is 2.08. The summed E-state index contributed by atoms with van der Waals surface area (Å²) in [7, 11) is 0. The third-order valence-corrected chi connectivity index (χ3v) is 8.34. The smallest absolute Gasteiger partial charge is 0.156 e. The monoisotopic (exact) mass is 328 g/mol. The molecule has 0 aromatic rings. The number of hydrogen-bond donors (Lipinski definition) is 1. The fourth-order valence-electron chi connectivity index (χ4n) is 7.27. The first-order chi connectivity index (χ1) is 11.3. The van der Waals surface area contributed by atoms with Gasteiger partial charge < -0.3 is 5.11 Å². The molecule has 0 aliphatic heterocycles. The molecule has 24 heavy (non-hydrogen) atoms. The van der Waals surface area contributed by atoms with Gasteiger partial charge in [-0.1, -0.05) is 31.1 Å². The number of aliphatic hydroxyl groups is 1. The van der Waals surface area contributed by atoms with Crippen LogP contribution in [-0.2, 0) is 4.79 Å². The summed E-state index contributed by atoms with van der Waals surface area (Å²) in [4.78, 5) is 12.3. The predicted molar refractivity (Wildman–Crippen MR) is 96.5 cm³/mol. The van der Waals surface area contributed by atoms with Crippen molar-refractivity contribution in [2.45, 2.75) is 78.7 Å². The van der Waals surface area contributed by atoms with E-state index in [9.17, 15) is 9.90 Å². The normalized spacial score (nSPS) is 47.6. The Hall–Kier alpha value is -0.890. The Kier molecular flexibility index (Phi) is 3.66. The zero-order valence-corrected chi connectivity index (χ0v) is 15.7. The first kappa shape index (κ1) is 16.6. The zero-order chi connectivity index (χ0) is 17.3. The molecule has 0 radical (unpaired) electrons. The molecule has 4 rings (SSSR count). The summed E-state index contributed by atoms with van der Waals surface area (Å²) in [6, 6.07) is 0. The largest absolute Gasteiger partial charge is 0.393 e. The van der Waals surface area contributed by atoms with E-state index in [1.807, 2.05) is 0 Å². The van der Waals surface area contributed by atoms with Crippen LogP contribution in [0, 0.1) is 28.6 Å². The number of carbonyl (C=O) groups excluding carboxylic acids is 1. The van der Waals surface area contributed by atoms with Gasteiger partial charge in [-0.25, -0.2) is 0 Å². The van der Waals surface area contributed by atoms with Gasteiger partial charge in [-0.2, -0.15) is 0 Å². The Morgan fingerprint density at radius 1 is 1.12 bits per heavy atom. The molecule has 4 aliphatic carbocycles. The van der Waals surface area contributed by atoms with E-state index in [-0.39, 0.29) is 16.9 Å². The van der Waals surface area contributed by atoms with Crippen LogP contribution in [0.4, 0.5) is 0 Å². The van der Waals surface area contributed by atoms with Crippen LogP contribution in [-0.4, -0.2) is 17.0 Å². The highest BCUT2D eigenvalue weighted by Gasteiger charge is 2.58. The molecular formula is C22H32O2. The minimum absolute atomic E-state index is 0.104. The summed E-state index contributed by atoms with van der Waals surface area (Å²) < 4.78 is 0. The molecular weight excluding hydrogens is 296 g/mol. The Morgan fingerprint density at radius 2 is 1.83 bits per heavy atom. The number of carbonyl (C=O) groups is 1. The highest BCUT2D eigenvalue weighted by atomic mass is 16.3. The topological polar surface area (TPSA) is 37.3 Å². The van der Waals surface area contributed by atoms with E-state index in [4.69, 9.17) is 0 Å². The van der Waals surface area contributed by atoms with Crippen molar-refractivity contribution < 1.29 is 9.90 Å². The van der Waals surface area contributed by atoms with Gasteiger partial charge in [0.25, 0.3) is 0 Å². The van der Waals surface area contributed by atoms with Crippen LogP contribution in [0.2, 0.25) is 0 Å². The van der Waals surface area contributed by atoms with Gasteiger partial charge in [0.1, 0.15) is 0 Å². The fraction of sp³-hybridized carbons (Fsp3) is 0.773. The van der Waals surface area contributed by atoms with E-state index in [0.29, 0.717) is 17.6 Å². The van der Waals surface area contributed by atoms with Crippen molar-refractivity contribution in [1.29, 1.82) is 0 Å². The van der Waals surface area contributed by atoms with Gasteiger partial charge >= 0.3 is 0 Å². The number of allylic oxidation sites excluding steroid dienone is 3. The van der Waals surface area contributed by atoms with Crippen LogP contribution >= 0.6 is 0 Å². The quantitative estimate of drug-likeness (QED) is 0.700. The summed E-state index contributed by atoms with van der Waals surface area (Å²) in [6.07, 6.45) is 9.99. The molecule has 0 aromatic carbocycles. The molecule has 2 nitrogen and oxygen atoms in total. The van der Waals surface area contributed by atoms with E-state index < -0.39 is 0 Å². The van der Waals surface area contributed by atoms with Crippen LogP contribution < -0.4 is 0 Å². The average Bonchev–Trinajstić information content (AvgIpc) is 2.78. The summed E-state index contributed by atoms with van der Waals surface area (Å²) in [5, 5.41) is 10.1. The predicted octanol–water partition coefficient (Wildman–Crippen LogP) is 4.83. The van der Waals surface area contributed by atoms with Gasteiger partial charge in [0.15, 0.2) is 5.78 Å². The minimum Gasteiger partial charge on any atom is -0.393 e. The number of fused-ring (bicyclic) bond motifs is 5. The highest BCUT2D eigenvalue weighted by Crippen LogP contribution is 2.65. The molecule has 0 heterocycles. The Morgan fingerprint density at radius 3 is 2.54 bits per heavy atom. The van der Waals surface area contributed by atoms with Gasteiger partial charge in [-0.15, -0.1) is 0 Å². The molecule has 6 atom stereocenters. The first-order valence-corrected chi connectivity index (χ1v) is 9.86. The number of aliphatic hydroxyl groups excluding tert-OH is 1. The van der Waals surface area contributed by atoms with Crippen LogP contribution in [0.25, 0.3) is 0 Å². The fourth-order valence-corrected chi connectivity index (χ4v) is 7.27. The van der Waals surface area contributed by atoms with Gasteiger partial charge in [0.2, 0.25) is 0 Å². The maximum Gasteiger partial charge on any atom is 0.156 e. The van der Waals surface area contributed by atoms with Crippen molar-refractivity contribution in [3.63, 3.8) is 0 Å². The summed E-state index contributed by atoms with van der Waals surface area (Å²) in [5.74, 6) is 2.38. The average molecular weight is 328 g/mol. The van der Waals surface area contributed by atoms with E-state index in [1.165, 1.54) is 17.6 Å². The van der Waals surface area contributed by atoms with E-state index in [2.05, 4.69) is 26.8 Å². The van der Waals surface area contributed by atoms with E-state index >= 15 is 0 Å². The minimum atomic E-state index is -0.130. The zero-order valence-electron chi connectivity index (χ0n) is 15.7. The lowest BCUT2D eigenvalue weighted by Crippen LogP contribution is -2.50. The lowest BCUT2D eigenvalue weighted by Gasteiger charge is -2.57. The lowest BCUT2D eigenvalue weighted by atomic mass is 9.47. The number of Topliss-reactive ketones (excluding diaryl/α,β-unsaturated/α-hetero) is 1. The molecule has 0 spiro atoms. The van der Waals surface area contributed by atoms with Gasteiger partial charge in [-0.3, -0.25) is 4.79 Å². The van der Waals surface area contributed by atoms with Crippen molar-refractivity contribution in [1.82, 2.24) is 0 Å². The summed E-state index contributed by atoms with van der Waals surface area (Å²) in [5.41, 5.74) is 4.43.